The fourth-order valence-electron chi connectivity index (χ4n) is 11.0. The summed E-state index contributed by atoms with van der Waals surface area (Å²) >= 11 is 0. The zero-order chi connectivity index (χ0) is 42.8. The molecule has 302 valence electrons. The highest BCUT2D eigenvalue weighted by Gasteiger charge is 2.48. The van der Waals surface area contributed by atoms with E-state index in [2.05, 4.69) is 249 Å². The number of anilines is 5. The number of hydrogen-bond acceptors (Lipinski definition) is 2. The van der Waals surface area contributed by atoms with Crippen LogP contribution in [-0.4, -0.2) is 7.28 Å². The average Bonchev–Trinajstić information content (AvgIpc) is 3.35. The van der Waals surface area contributed by atoms with Crippen molar-refractivity contribution < 1.29 is 0 Å². The summed E-state index contributed by atoms with van der Waals surface area (Å²) in [7, 11) is 0.789. The molecular weight excluding hydrogens is 771 g/mol. The Morgan fingerprint density at radius 2 is 1.02 bits per heavy atom. The number of nitrogens with one attached hydrogen (secondary N) is 1. The van der Waals surface area contributed by atoms with Crippen LogP contribution in [-0.2, 0) is 5.41 Å². The fourth-order valence-corrected chi connectivity index (χ4v) is 11.0. The topological polar surface area (TPSA) is 15.3 Å². The predicted octanol–water partition coefficient (Wildman–Crippen LogP) is 14.1. The van der Waals surface area contributed by atoms with E-state index >= 15 is 0 Å². The van der Waals surface area contributed by atoms with Crippen molar-refractivity contribution in [3.63, 3.8) is 0 Å². The summed E-state index contributed by atoms with van der Waals surface area (Å²) < 4.78 is 0. The van der Waals surface area contributed by atoms with Crippen LogP contribution in [0.5, 0.6) is 0 Å². The van der Waals surface area contributed by atoms with Gasteiger partial charge in [-0.1, -0.05) is 187 Å². The third kappa shape index (κ3) is 5.96. The van der Waals surface area contributed by atoms with E-state index < -0.39 is 5.41 Å². The van der Waals surface area contributed by atoms with Crippen LogP contribution in [0.4, 0.5) is 28.4 Å². The monoisotopic (exact) mass is 816 g/mol. The molecule has 64 heavy (non-hydrogen) atoms. The van der Waals surface area contributed by atoms with Crippen LogP contribution in [0, 0.1) is 13.8 Å². The van der Waals surface area contributed by atoms with E-state index in [1.54, 1.807) is 0 Å². The third-order valence-electron chi connectivity index (χ3n) is 13.8. The fraction of sp³-hybridized carbons (Fsp3) is 0.0492. The maximum atomic E-state index is 3.94. The molecule has 0 aromatic heterocycles. The van der Waals surface area contributed by atoms with E-state index in [9.17, 15) is 0 Å². The Hall–Kier alpha value is -7.88. The Morgan fingerprint density at radius 1 is 0.438 bits per heavy atom. The lowest BCUT2D eigenvalue weighted by Gasteiger charge is -2.49. The van der Waals surface area contributed by atoms with E-state index in [1.165, 1.54) is 106 Å². The standard InChI is InChI=1S/C61H45BN2/c1-40-18-16-19-41(2)58(40)46-37-51(50-36-44-22-12-13-23-45(44)38-55(50)63-49-34-32-43(33-35-49)42-20-6-3-7-21-42)59-57(39-46)64-56-31-15-14-28-52(56)61(47-24-8-4-9-25-47,48-26-10-5-11-27-48)53-29-17-30-54(62-59)60(53)64/h3-39,62-63H,1-2H3. The minimum absolute atomic E-state index is 0.531. The summed E-state index contributed by atoms with van der Waals surface area (Å²) in [6.07, 6.45) is 0. The molecule has 10 aromatic rings. The molecule has 2 aliphatic rings. The van der Waals surface area contributed by atoms with Gasteiger partial charge in [0.1, 0.15) is 0 Å². The number of rotatable bonds is 7. The first-order chi connectivity index (χ1) is 31.6. The van der Waals surface area contributed by atoms with Crippen LogP contribution in [0.1, 0.15) is 33.4 Å². The number of para-hydroxylation sites is 2. The molecule has 12 rings (SSSR count). The zero-order valence-electron chi connectivity index (χ0n) is 36.0. The first kappa shape index (κ1) is 37.9. The molecule has 0 radical (unpaired) electrons. The second-order valence-corrected chi connectivity index (χ2v) is 17.4. The van der Waals surface area contributed by atoms with Gasteiger partial charge in [-0.25, -0.2) is 0 Å². The molecule has 0 bridgehead atoms. The van der Waals surface area contributed by atoms with Gasteiger partial charge in [0.15, 0.2) is 7.28 Å². The van der Waals surface area contributed by atoms with Crippen LogP contribution >= 0.6 is 0 Å². The molecule has 0 saturated heterocycles. The van der Waals surface area contributed by atoms with Gasteiger partial charge in [-0.15, -0.1) is 0 Å². The van der Waals surface area contributed by atoms with Crippen molar-refractivity contribution in [3.05, 3.63) is 258 Å². The summed E-state index contributed by atoms with van der Waals surface area (Å²) in [4.78, 5) is 2.61. The Labute approximate surface area is 376 Å². The molecule has 0 aliphatic carbocycles. The molecule has 0 amide bonds. The van der Waals surface area contributed by atoms with Crippen molar-refractivity contribution in [1.82, 2.24) is 0 Å². The SMILES string of the molecule is Cc1cccc(C)c1-c1cc(-c2cc3ccccc3cc2Nc2ccc(-c3ccccc3)cc2)c2c(c1)N1c3ccccc3C(c3ccccc3)(c3ccccc3)c3cccc(c31)B2. The van der Waals surface area contributed by atoms with Crippen LogP contribution < -0.4 is 21.1 Å². The van der Waals surface area contributed by atoms with Crippen molar-refractivity contribution in [2.24, 2.45) is 0 Å². The lowest BCUT2D eigenvalue weighted by Crippen LogP contribution is -2.47. The molecule has 2 aliphatic heterocycles. The van der Waals surface area contributed by atoms with Gasteiger partial charge in [0.25, 0.3) is 0 Å². The largest absolute Gasteiger partial charge is 0.355 e. The van der Waals surface area contributed by atoms with Crippen molar-refractivity contribution in [2.45, 2.75) is 19.3 Å². The van der Waals surface area contributed by atoms with Crippen LogP contribution in [0.3, 0.4) is 0 Å². The second-order valence-electron chi connectivity index (χ2n) is 17.4. The minimum Gasteiger partial charge on any atom is -0.355 e. The Balaban J connectivity index is 1.13. The smallest absolute Gasteiger partial charge is 0.198 e. The van der Waals surface area contributed by atoms with Gasteiger partial charge in [0, 0.05) is 28.3 Å². The molecule has 10 aromatic carbocycles. The lowest BCUT2D eigenvalue weighted by atomic mass is 9.54. The van der Waals surface area contributed by atoms with Crippen LogP contribution in [0.2, 0.25) is 0 Å². The van der Waals surface area contributed by atoms with E-state index in [1.807, 2.05) is 0 Å². The average molecular weight is 817 g/mol. The summed E-state index contributed by atoms with van der Waals surface area (Å²) in [6.45, 7) is 4.50. The maximum Gasteiger partial charge on any atom is 0.198 e. The molecule has 0 saturated carbocycles. The number of hydrogen-bond donors (Lipinski definition) is 1. The number of benzene rings is 10. The van der Waals surface area contributed by atoms with Crippen molar-refractivity contribution in [2.75, 3.05) is 10.2 Å². The van der Waals surface area contributed by atoms with Gasteiger partial charge in [0.05, 0.1) is 11.1 Å². The van der Waals surface area contributed by atoms with Crippen molar-refractivity contribution >= 4 is 57.4 Å². The van der Waals surface area contributed by atoms with Crippen LogP contribution in [0.15, 0.2) is 224 Å². The molecular formula is C61H45BN2. The second kappa shape index (κ2) is 15.2. The van der Waals surface area contributed by atoms with E-state index in [0.717, 1.165) is 18.7 Å². The summed E-state index contributed by atoms with van der Waals surface area (Å²) in [6, 6.07) is 83.1. The molecule has 2 nitrogen and oxygen atoms in total. The molecule has 3 heteroatoms. The number of nitrogens with zero attached hydrogens (tertiary/aromatic N) is 1. The Morgan fingerprint density at radius 3 is 1.72 bits per heavy atom. The molecule has 0 atom stereocenters. The summed E-state index contributed by atoms with van der Waals surface area (Å²) in [5, 5.41) is 6.36. The third-order valence-corrected chi connectivity index (χ3v) is 13.8. The Kier molecular flexibility index (Phi) is 8.98. The highest BCUT2D eigenvalue weighted by molar-refractivity contribution is 6.73. The number of fused-ring (bicyclic) bond motifs is 5. The van der Waals surface area contributed by atoms with Gasteiger partial charge in [-0.3, -0.25) is 0 Å². The highest BCUT2D eigenvalue weighted by atomic mass is 15.2. The molecule has 0 spiro atoms. The van der Waals surface area contributed by atoms with E-state index in [-0.39, 0.29) is 0 Å². The first-order valence-corrected chi connectivity index (χ1v) is 22.4. The highest BCUT2D eigenvalue weighted by Crippen LogP contribution is 2.58. The Bertz CT molecular complexity index is 3340. The summed E-state index contributed by atoms with van der Waals surface area (Å²) in [5.41, 5.74) is 22.9. The molecule has 0 unspecified atom stereocenters. The van der Waals surface area contributed by atoms with Crippen molar-refractivity contribution in [3.8, 4) is 33.4 Å². The van der Waals surface area contributed by atoms with Crippen LogP contribution in [0.25, 0.3) is 44.2 Å². The number of aryl methyl sites for hydroxylation is 2. The van der Waals surface area contributed by atoms with Gasteiger partial charge in [-0.2, -0.15) is 0 Å². The van der Waals surface area contributed by atoms with Gasteiger partial charge in [0.2, 0.25) is 0 Å². The lowest BCUT2D eigenvalue weighted by molar-refractivity contribution is 0.732. The van der Waals surface area contributed by atoms with Gasteiger partial charge < -0.3 is 10.2 Å². The first-order valence-electron chi connectivity index (χ1n) is 22.4. The molecule has 0 fully saturated rings. The maximum absolute atomic E-state index is 3.94. The quantitative estimate of drug-likeness (QED) is 0.161. The molecule has 1 N–H and O–H groups in total. The minimum atomic E-state index is -0.531. The van der Waals surface area contributed by atoms with E-state index in [0.29, 0.717) is 0 Å². The summed E-state index contributed by atoms with van der Waals surface area (Å²) in [5.74, 6) is 0. The molecule has 2 heterocycles. The van der Waals surface area contributed by atoms with E-state index in [4.69, 9.17) is 0 Å². The predicted molar refractivity (Wildman–Crippen MR) is 272 cm³/mol. The van der Waals surface area contributed by atoms with Crippen molar-refractivity contribution in [1.29, 1.82) is 0 Å². The van der Waals surface area contributed by atoms with Gasteiger partial charge >= 0.3 is 0 Å². The zero-order valence-corrected chi connectivity index (χ0v) is 36.0. The normalized spacial score (nSPS) is 13.1. The van der Waals surface area contributed by atoms with Gasteiger partial charge in [-0.05, 0) is 134 Å².